The average Bonchev–Trinajstić information content (AvgIpc) is 2.37. The number of carbonyl (C=O) groups excluding carboxylic acids is 1. The molecule has 2 rings (SSSR count). The molecule has 0 radical (unpaired) electrons. The summed E-state index contributed by atoms with van der Waals surface area (Å²) in [7, 11) is 0. The molecule has 1 amide bonds. The number of benzene rings is 1. The number of likely N-dealkylation sites (tertiary alicyclic amines) is 1. The minimum Gasteiger partial charge on any atom is -0.489 e. The van der Waals surface area contributed by atoms with Crippen LogP contribution in [0.1, 0.15) is 33.6 Å². The molecule has 5 heteroatoms. The average molecular weight is 403 g/mol. The van der Waals surface area contributed by atoms with Crippen molar-refractivity contribution < 1.29 is 14.3 Å². The van der Waals surface area contributed by atoms with Gasteiger partial charge in [0, 0.05) is 10.1 Å². The Morgan fingerprint density at radius 1 is 1.38 bits per heavy atom. The van der Waals surface area contributed by atoms with E-state index < -0.39 is 5.60 Å². The van der Waals surface area contributed by atoms with Gasteiger partial charge in [0.2, 0.25) is 0 Å². The van der Waals surface area contributed by atoms with Gasteiger partial charge in [-0.2, -0.15) is 0 Å². The van der Waals surface area contributed by atoms with Crippen molar-refractivity contribution in [3.63, 3.8) is 0 Å². The molecule has 4 nitrogen and oxygen atoms in total. The first-order chi connectivity index (χ1) is 9.83. The fraction of sp³-hybridized carbons (Fsp3) is 0.562. The number of amides is 1. The Balaban J connectivity index is 1.93. The quantitative estimate of drug-likeness (QED) is 0.699. The highest BCUT2D eigenvalue weighted by Crippen LogP contribution is 2.21. The second kappa shape index (κ2) is 6.85. The van der Waals surface area contributed by atoms with Crippen LogP contribution in [0.25, 0.3) is 0 Å². The molecule has 1 saturated heterocycles. The fourth-order valence-electron chi connectivity index (χ4n) is 2.26. The first-order valence-corrected chi connectivity index (χ1v) is 8.31. The van der Waals surface area contributed by atoms with Crippen LogP contribution in [0.5, 0.6) is 5.75 Å². The van der Waals surface area contributed by atoms with E-state index in [9.17, 15) is 4.79 Å². The van der Waals surface area contributed by atoms with Gasteiger partial charge in [-0.15, -0.1) is 0 Å². The van der Waals surface area contributed by atoms with Gasteiger partial charge in [0.25, 0.3) is 0 Å². The van der Waals surface area contributed by atoms with Crippen LogP contribution in [-0.4, -0.2) is 35.8 Å². The molecular weight excluding hydrogens is 381 g/mol. The van der Waals surface area contributed by atoms with Crippen molar-refractivity contribution in [3.05, 3.63) is 27.8 Å². The Kier molecular flexibility index (Phi) is 5.35. The third-order valence-electron chi connectivity index (χ3n) is 3.13. The molecular formula is C16H22INO3. The van der Waals surface area contributed by atoms with Crippen LogP contribution < -0.4 is 4.74 Å². The van der Waals surface area contributed by atoms with Gasteiger partial charge in [0.1, 0.15) is 17.5 Å². The van der Waals surface area contributed by atoms with Crippen molar-refractivity contribution in [2.24, 2.45) is 0 Å². The summed E-state index contributed by atoms with van der Waals surface area (Å²) in [5, 5.41) is 0. The van der Waals surface area contributed by atoms with Gasteiger partial charge < -0.3 is 14.4 Å². The monoisotopic (exact) mass is 403 g/mol. The van der Waals surface area contributed by atoms with Gasteiger partial charge >= 0.3 is 6.09 Å². The van der Waals surface area contributed by atoms with Crippen molar-refractivity contribution in [2.45, 2.75) is 45.3 Å². The molecule has 0 spiro atoms. The van der Waals surface area contributed by atoms with Gasteiger partial charge in [0.05, 0.1) is 6.54 Å². The maximum Gasteiger partial charge on any atom is 0.410 e. The van der Waals surface area contributed by atoms with Crippen LogP contribution in [0.2, 0.25) is 0 Å². The lowest BCUT2D eigenvalue weighted by molar-refractivity contribution is 0.00775. The molecule has 1 fully saturated rings. The van der Waals surface area contributed by atoms with Crippen LogP contribution in [0.15, 0.2) is 24.3 Å². The van der Waals surface area contributed by atoms with E-state index in [0.717, 1.165) is 28.7 Å². The number of nitrogens with zero attached hydrogens (tertiary/aromatic N) is 1. The lowest BCUT2D eigenvalue weighted by Crippen LogP contribution is -2.46. The first-order valence-electron chi connectivity index (χ1n) is 7.24. The molecule has 1 aliphatic heterocycles. The molecule has 1 atom stereocenters. The van der Waals surface area contributed by atoms with Crippen molar-refractivity contribution >= 4 is 28.7 Å². The molecule has 1 aromatic carbocycles. The number of ether oxygens (including phenoxy) is 2. The molecule has 0 N–H and O–H groups in total. The minimum absolute atomic E-state index is 0.0319. The van der Waals surface area contributed by atoms with E-state index in [1.165, 1.54) is 0 Å². The largest absolute Gasteiger partial charge is 0.489 e. The zero-order valence-electron chi connectivity index (χ0n) is 12.8. The first kappa shape index (κ1) is 16.4. The van der Waals surface area contributed by atoms with Crippen LogP contribution in [0.3, 0.4) is 0 Å². The molecule has 0 saturated carbocycles. The summed E-state index contributed by atoms with van der Waals surface area (Å²) >= 11 is 2.26. The second-order valence-electron chi connectivity index (χ2n) is 6.27. The van der Waals surface area contributed by atoms with Gasteiger partial charge in [-0.05, 0) is 74.4 Å². The Morgan fingerprint density at radius 3 is 2.81 bits per heavy atom. The number of hydrogen-bond donors (Lipinski definition) is 0. The summed E-state index contributed by atoms with van der Waals surface area (Å²) in [5.74, 6) is 0.859. The van der Waals surface area contributed by atoms with E-state index in [0.29, 0.717) is 6.54 Å². The third kappa shape index (κ3) is 5.37. The Labute approximate surface area is 139 Å². The van der Waals surface area contributed by atoms with Gasteiger partial charge in [-0.3, -0.25) is 0 Å². The maximum atomic E-state index is 12.1. The normalized spacial score (nSPS) is 19.2. The molecule has 21 heavy (non-hydrogen) atoms. The van der Waals surface area contributed by atoms with E-state index >= 15 is 0 Å². The fourth-order valence-corrected chi connectivity index (χ4v) is 2.77. The standard InChI is InChI=1S/C16H22INO3/c1-16(2,3)21-15(19)18-9-5-8-14(11-18)20-13-7-4-6-12(17)10-13/h4,6-7,10,14H,5,8-9,11H2,1-3H3/t14-/m0/s1. The highest BCUT2D eigenvalue weighted by atomic mass is 127. The summed E-state index contributed by atoms with van der Waals surface area (Å²) in [4.78, 5) is 13.9. The molecule has 0 bridgehead atoms. The Morgan fingerprint density at radius 2 is 2.14 bits per heavy atom. The maximum absolute atomic E-state index is 12.1. The smallest absolute Gasteiger partial charge is 0.410 e. The van der Waals surface area contributed by atoms with Crippen LogP contribution in [-0.2, 0) is 4.74 Å². The minimum atomic E-state index is -0.458. The summed E-state index contributed by atoms with van der Waals surface area (Å²) in [6, 6.07) is 7.97. The van der Waals surface area contributed by atoms with E-state index in [1.54, 1.807) is 4.90 Å². The Hall–Kier alpha value is -0.980. The highest BCUT2D eigenvalue weighted by molar-refractivity contribution is 14.1. The zero-order chi connectivity index (χ0) is 15.5. The summed E-state index contributed by atoms with van der Waals surface area (Å²) in [6.07, 6.45) is 1.68. The van der Waals surface area contributed by atoms with Gasteiger partial charge in [0.15, 0.2) is 0 Å². The zero-order valence-corrected chi connectivity index (χ0v) is 14.9. The van der Waals surface area contributed by atoms with Crippen LogP contribution >= 0.6 is 22.6 Å². The number of rotatable bonds is 2. The van der Waals surface area contributed by atoms with Gasteiger partial charge in [-0.1, -0.05) is 6.07 Å². The van der Waals surface area contributed by atoms with Gasteiger partial charge in [-0.25, -0.2) is 4.79 Å². The van der Waals surface area contributed by atoms with Crippen LogP contribution in [0, 0.1) is 3.57 Å². The Bertz CT molecular complexity index is 499. The summed E-state index contributed by atoms with van der Waals surface area (Å²) < 4.78 is 12.6. The van der Waals surface area contributed by atoms with E-state index in [2.05, 4.69) is 22.6 Å². The lowest BCUT2D eigenvalue weighted by Gasteiger charge is -2.34. The molecule has 116 valence electrons. The van der Waals surface area contributed by atoms with Crippen LogP contribution in [0.4, 0.5) is 4.79 Å². The SMILES string of the molecule is CC(C)(C)OC(=O)N1CCC[C@H](Oc2cccc(I)c2)C1. The van der Waals surface area contributed by atoms with E-state index in [4.69, 9.17) is 9.47 Å². The molecule has 0 unspecified atom stereocenters. The number of piperidine rings is 1. The number of halogens is 1. The molecule has 1 heterocycles. The third-order valence-corrected chi connectivity index (χ3v) is 3.80. The highest BCUT2D eigenvalue weighted by Gasteiger charge is 2.28. The topological polar surface area (TPSA) is 38.8 Å². The molecule has 0 aromatic heterocycles. The number of hydrogen-bond acceptors (Lipinski definition) is 3. The van der Waals surface area contributed by atoms with E-state index in [1.807, 2.05) is 45.0 Å². The lowest BCUT2D eigenvalue weighted by atomic mass is 10.1. The van der Waals surface area contributed by atoms with Crippen molar-refractivity contribution in [1.82, 2.24) is 4.90 Å². The number of carbonyl (C=O) groups is 1. The summed E-state index contributed by atoms with van der Waals surface area (Å²) in [6.45, 7) is 6.97. The second-order valence-corrected chi connectivity index (χ2v) is 7.51. The van der Waals surface area contributed by atoms with Crippen molar-refractivity contribution in [2.75, 3.05) is 13.1 Å². The molecule has 0 aliphatic carbocycles. The van der Waals surface area contributed by atoms with E-state index in [-0.39, 0.29) is 12.2 Å². The predicted molar refractivity (Wildman–Crippen MR) is 90.6 cm³/mol. The predicted octanol–water partition coefficient (Wildman–Crippen LogP) is 4.07. The summed E-state index contributed by atoms with van der Waals surface area (Å²) in [5.41, 5.74) is -0.458. The molecule has 1 aromatic rings. The van der Waals surface area contributed by atoms with Crippen molar-refractivity contribution in [3.8, 4) is 5.75 Å². The van der Waals surface area contributed by atoms with Crippen molar-refractivity contribution in [1.29, 1.82) is 0 Å². The molecule has 1 aliphatic rings.